The van der Waals surface area contributed by atoms with Gasteiger partial charge in [0.25, 0.3) is 0 Å². The number of halogens is 1. The number of fused-ring (bicyclic) bond motifs is 1. The second kappa shape index (κ2) is 7.99. The molecule has 0 unspecified atom stereocenters. The molecule has 1 aliphatic heterocycles. The average Bonchev–Trinajstić information content (AvgIpc) is 2.60. The smallest absolute Gasteiger partial charge is 0.228 e. The van der Waals surface area contributed by atoms with Crippen LogP contribution in [0, 0.1) is 12.7 Å². The van der Waals surface area contributed by atoms with Crippen molar-refractivity contribution in [3.63, 3.8) is 0 Å². The van der Waals surface area contributed by atoms with Crippen LogP contribution in [0.25, 0.3) is 0 Å². The van der Waals surface area contributed by atoms with Gasteiger partial charge in [0.05, 0.1) is 12.5 Å². The molecular formula is C20H21FN2O3. The van der Waals surface area contributed by atoms with E-state index in [0.29, 0.717) is 30.8 Å². The number of carbonyl (C=O) groups excluding carboxylic acids is 2. The van der Waals surface area contributed by atoms with Crippen LogP contribution in [0.1, 0.15) is 29.9 Å². The summed E-state index contributed by atoms with van der Waals surface area (Å²) in [5, 5.41) is 5.44. The first-order valence-corrected chi connectivity index (χ1v) is 8.59. The highest BCUT2D eigenvalue weighted by Gasteiger charge is 2.30. The monoisotopic (exact) mass is 356 g/mol. The lowest BCUT2D eigenvalue weighted by atomic mass is 9.89. The van der Waals surface area contributed by atoms with Gasteiger partial charge in [0.15, 0.2) is 0 Å². The van der Waals surface area contributed by atoms with E-state index in [4.69, 9.17) is 4.74 Å². The highest BCUT2D eigenvalue weighted by molar-refractivity contribution is 6.01. The van der Waals surface area contributed by atoms with E-state index < -0.39 is 11.7 Å². The number of rotatable bonds is 6. The Morgan fingerprint density at radius 1 is 1.31 bits per heavy atom. The molecule has 2 amide bonds. The molecule has 0 saturated carbocycles. The summed E-state index contributed by atoms with van der Waals surface area (Å²) in [6, 6.07) is 11.9. The second-order valence-electron chi connectivity index (χ2n) is 6.35. The number of benzene rings is 2. The molecule has 2 aromatic carbocycles. The molecule has 2 N–H and O–H groups in total. The van der Waals surface area contributed by atoms with Crippen molar-refractivity contribution in [3.8, 4) is 5.75 Å². The molecule has 1 atom stereocenters. The minimum atomic E-state index is -0.600. The van der Waals surface area contributed by atoms with E-state index in [9.17, 15) is 14.0 Å². The minimum Gasteiger partial charge on any atom is -0.494 e. The maximum Gasteiger partial charge on any atom is 0.228 e. The van der Waals surface area contributed by atoms with Crippen LogP contribution < -0.4 is 15.4 Å². The highest BCUT2D eigenvalue weighted by Crippen LogP contribution is 2.32. The number of hydrogen-bond donors (Lipinski definition) is 2. The molecule has 1 aliphatic rings. The molecule has 136 valence electrons. The third-order valence-corrected chi connectivity index (χ3v) is 4.25. The lowest BCUT2D eigenvalue weighted by molar-refractivity contribution is -0.126. The van der Waals surface area contributed by atoms with Crippen LogP contribution in [0.15, 0.2) is 42.5 Å². The van der Waals surface area contributed by atoms with Crippen molar-refractivity contribution >= 4 is 17.5 Å². The van der Waals surface area contributed by atoms with Crippen molar-refractivity contribution in [3.05, 3.63) is 59.4 Å². The molecule has 0 radical (unpaired) electrons. The number of nitrogens with one attached hydrogen (secondary N) is 2. The maximum atomic E-state index is 13.3. The fraction of sp³-hybridized carbons (Fsp3) is 0.300. The topological polar surface area (TPSA) is 67.4 Å². The fourth-order valence-corrected chi connectivity index (χ4v) is 2.97. The van der Waals surface area contributed by atoms with E-state index in [1.54, 1.807) is 6.07 Å². The van der Waals surface area contributed by atoms with Crippen LogP contribution in [0.3, 0.4) is 0 Å². The van der Waals surface area contributed by atoms with Gasteiger partial charge in [0.2, 0.25) is 11.8 Å². The lowest BCUT2D eigenvalue weighted by Crippen LogP contribution is -2.35. The first kappa shape index (κ1) is 17.9. The Kier molecular flexibility index (Phi) is 5.51. The van der Waals surface area contributed by atoms with Gasteiger partial charge in [0.1, 0.15) is 11.6 Å². The Hall–Kier alpha value is -2.89. The maximum absolute atomic E-state index is 13.3. The van der Waals surface area contributed by atoms with Crippen molar-refractivity contribution in [1.29, 1.82) is 0 Å². The van der Waals surface area contributed by atoms with Crippen molar-refractivity contribution < 1.29 is 18.7 Å². The summed E-state index contributed by atoms with van der Waals surface area (Å²) < 4.78 is 19.0. The zero-order valence-electron chi connectivity index (χ0n) is 14.5. The normalized spacial score (nSPS) is 15.8. The van der Waals surface area contributed by atoms with Gasteiger partial charge in [-0.1, -0.05) is 18.2 Å². The van der Waals surface area contributed by atoms with Crippen molar-refractivity contribution in [1.82, 2.24) is 5.32 Å². The number of amides is 2. The Morgan fingerprint density at radius 3 is 2.96 bits per heavy atom. The Bertz CT molecular complexity index is 822. The number of carbonyl (C=O) groups is 2. The summed E-state index contributed by atoms with van der Waals surface area (Å²) in [6.45, 7) is 2.92. The standard InChI is InChI=1S/C20H21FN2O3/c1-13-4-2-5-15(10-13)26-9-3-8-22-20(25)17-12-19(24)23-18-11-14(21)6-7-16(17)18/h2,4-7,10-11,17H,3,8-9,12H2,1H3,(H,22,25)(H,23,24)/t17-/m0/s1. The number of anilines is 1. The van der Waals surface area contributed by atoms with E-state index in [1.165, 1.54) is 12.1 Å². The molecule has 2 aromatic rings. The summed E-state index contributed by atoms with van der Waals surface area (Å²) in [4.78, 5) is 24.2. The van der Waals surface area contributed by atoms with Gasteiger partial charge in [0, 0.05) is 18.7 Å². The van der Waals surface area contributed by atoms with Crippen LogP contribution in [0.2, 0.25) is 0 Å². The summed E-state index contributed by atoms with van der Waals surface area (Å²) >= 11 is 0. The SMILES string of the molecule is Cc1cccc(OCCCNC(=O)[C@H]2CC(=O)Nc3cc(F)ccc32)c1. The second-order valence-corrected chi connectivity index (χ2v) is 6.35. The fourth-order valence-electron chi connectivity index (χ4n) is 2.97. The summed E-state index contributed by atoms with van der Waals surface area (Å²) in [6.07, 6.45) is 0.707. The van der Waals surface area contributed by atoms with Crippen LogP contribution in [0.4, 0.5) is 10.1 Å². The predicted molar refractivity (Wildman–Crippen MR) is 96.7 cm³/mol. The highest BCUT2D eigenvalue weighted by atomic mass is 19.1. The third-order valence-electron chi connectivity index (χ3n) is 4.25. The Morgan fingerprint density at radius 2 is 2.15 bits per heavy atom. The van der Waals surface area contributed by atoms with Gasteiger partial charge in [-0.3, -0.25) is 9.59 Å². The molecule has 6 heteroatoms. The molecule has 26 heavy (non-hydrogen) atoms. The molecule has 0 aromatic heterocycles. The molecule has 0 spiro atoms. The lowest BCUT2D eigenvalue weighted by Gasteiger charge is -2.24. The molecular weight excluding hydrogens is 335 g/mol. The molecule has 0 fully saturated rings. The van der Waals surface area contributed by atoms with Crippen LogP contribution in [0.5, 0.6) is 5.75 Å². The molecule has 1 heterocycles. The molecule has 3 rings (SSSR count). The van der Waals surface area contributed by atoms with Crippen molar-refractivity contribution in [2.24, 2.45) is 0 Å². The van der Waals surface area contributed by atoms with Gasteiger partial charge < -0.3 is 15.4 Å². The van der Waals surface area contributed by atoms with E-state index in [2.05, 4.69) is 10.6 Å². The summed E-state index contributed by atoms with van der Waals surface area (Å²) in [5.41, 5.74) is 2.13. The Labute approximate surface area is 151 Å². The largest absolute Gasteiger partial charge is 0.494 e. The third kappa shape index (κ3) is 4.39. The van der Waals surface area contributed by atoms with Gasteiger partial charge in [-0.05, 0) is 48.7 Å². The Balaban J connectivity index is 1.50. The molecule has 0 aliphatic carbocycles. The molecule has 0 saturated heterocycles. The zero-order valence-corrected chi connectivity index (χ0v) is 14.5. The van der Waals surface area contributed by atoms with Gasteiger partial charge >= 0.3 is 0 Å². The molecule has 0 bridgehead atoms. The van der Waals surface area contributed by atoms with E-state index in [0.717, 1.165) is 11.3 Å². The van der Waals surface area contributed by atoms with Crippen LogP contribution >= 0.6 is 0 Å². The van der Waals surface area contributed by atoms with E-state index in [-0.39, 0.29) is 18.2 Å². The first-order valence-electron chi connectivity index (χ1n) is 8.59. The average molecular weight is 356 g/mol. The first-order chi connectivity index (χ1) is 12.5. The van der Waals surface area contributed by atoms with E-state index >= 15 is 0 Å². The number of aryl methyl sites for hydroxylation is 1. The van der Waals surface area contributed by atoms with Gasteiger partial charge in [-0.25, -0.2) is 4.39 Å². The summed E-state index contributed by atoms with van der Waals surface area (Å²) in [7, 11) is 0. The predicted octanol–water partition coefficient (Wildman–Crippen LogP) is 3.15. The van der Waals surface area contributed by atoms with Gasteiger partial charge in [-0.2, -0.15) is 0 Å². The number of hydrogen-bond acceptors (Lipinski definition) is 3. The summed E-state index contributed by atoms with van der Waals surface area (Å²) in [5.74, 6) is -0.763. The quantitative estimate of drug-likeness (QED) is 0.782. The van der Waals surface area contributed by atoms with Crippen molar-refractivity contribution in [2.45, 2.75) is 25.7 Å². The molecule has 5 nitrogen and oxygen atoms in total. The van der Waals surface area contributed by atoms with Gasteiger partial charge in [-0.15, -0.1) is 0 Å². The van der Waals surface area contributed by atoms with Crippen LogP contribution in [-0.4, -0.2) is 25.0 Å². The zero-order chi connectivity index (χ0) is 18.5. The van der Waals surface area contributed by atoms with E-state index in [1.807, 2.05) is 31.2 Å². The number of ether oxygens (including phenoxy) is 1. The van der Waals surface area contributed by atoms with Crippen molar-refractivity contribution in [2.75, 3.05) is 18.5 Å². The van der Waals surface area contributed by atoms with Crippen LogP contribution in [-0.2, 0) is 9.59 Å². The minimum absolute atomic E-state index is 0.0598.